The van der Waals surface area contributed by atoms with Crippen LogP contribution in [0.4, 0.5) is 20.2 Å². The number of nitro groups is 1. The molecule has 1 heterocycles. The Bertz CT molecular complexity index is 494. The summed E-state index contributed by atoms with van der Waals surface area (Å²) in [4.78, 5) is 9.79. The lowest BCUT2D eigenvalue weighted by Crippen LogP contribution is -2.26. The molecule has 6 nitrogen and oxygen atoms in total. The van der Waals surface area contributed by atoms with Gasteiger partial charge in [0.25, 0.3) is 5.69 Å². The largest absolute Gasteiger partial charge is 0.586 e. The van der Waals surface area contributed by atoms with Gasteiger partial charge in [0.2, 0.25) is 0 Å². The van der Waals surface area contributed by atoms with E-state index in [0.717, 1.165) is 6.07 Å². The third-order valence-corrected chi connectivity index (χ3v) is 2.68. The predicted molar refractivity (Wildman–Crippen MR) is 51.4 cm³/mol. The van der Waals surface area contributed by atoms with Crippen molar-refractivity contribution in [3.05, 3.63) is 20.7 Å². The Morgan fingerprint density at radius 3 is 2.69 bits per heavy atom. The quantitative estimate of drug-likeness (QED) is 0.488. The Morgan fingerprint density at radius 1 is 1.50 bits per heavy atom. The summed E-state index contributed by atoms with van der Waals surface area (Å²) in [5.74, 6) is -0.875. The molecular formula is C7H3BrF2N2O4. The van der Waals surface area contributed by atoms with Crippen molar-refractivity contribution in [3.8, 4) is 11.5 Å². The average molecular weight is 297 g/mol. The maximum atomic E-state index is 12.7. The number of benzene rings is 1. The molecule has 16 heavy (non-hydrogen) atoms. The molecule has 1 aliphatic heterocycles. The van der Waals surface area contributed by atoms with Gasteiger partial charge in [-0.1, -0.05) is 0 Å². The topological polar surface area (TPSA) is 87.6 Å². The number of hydrogen-bond acceptors (Lipinski definition) is 5. The maximum Gasteiger partial charge on any atom is 0.586 e. The second-order valence-corrected chi connectivity index (χ2v) is 3.67. The van der Waals surface area contributed by atoms with Crippen molar-refractivity contribution in [1.82, 2.24) is 0 Å². The number of fused-ring (bicyclic) bond motifs is 1. The van der Waals surface area contributed by atoms with E-state index < -0.39 is 28.4 Å². The zero-order chi connectivity index (χ0) is 12.1. The summed E-state index contributed by atoms with van der Waals surface area (Å²) in [6.07, 6.45) is -3.86. The molecule has 1 aromatic rings. The van der Waals surface area contributed by atoms with Crippen LogP contribution in [0, 0.1) is 10.1 Å². The number of nitro benzene ring substituents is 1. The number of nitrogen functional groups attached to an aromatic ring is 1. The highest BCUT2D eigenvalue weighted by Crippen LogP contribution is 2.50. The van der Waals surface area contributed by atoms with Gasteiger partial charge in [0.15, 0.2) is 11.5 Å². The number of anilines is 1. The van der Waals surface area contributed by atoms with Crippen LogP contribution in [0.3, 0.4) is 0 Å². The highest BCUT2D eigenvalue weighted by atomic mass is 79.9. The molecule has 0 atom stereocenters. The Labute approximate surface area is 95.2 Å². The van der Waals surface area contributed by atoms with Crippen LogP contribution in [-0.4, -0.2) is 11.2 Å². The summed E-state index contributed by atoms with van der Waals surface area (Å²) in [5, 5.41) is 10.6. The minimum absolute atomic E-state index is 0.127. The molecule has 2 N–H and O–H groups in total. The maximum absolute atomic E-state index is 12.7. The van der Waals surface area contributed by atoms with E-state index in [9.17, 15) is 18.9 Å². The molecule has 86 valence electrons. The van der Waals surface area contributed by atoms with Gasteiger partial charge in [0.05, 0.1) is 16.7 Å². The van der Waals surface area contributed by atoms with E-state index in [0.29, 0.717) is 0 Å². The van der Waals surface area contributed by atoms with Gasteiger partial charge < -0.3 is 15.2 Å². The summed E-state index contributed by atoms with van der Waals surface area (Å²) < 4.78 is 33.4. The number of ether oxygens (including phenoxy) is 2. The predicted octanol–water partition coefficient (Wildman–Crippen LogP) is 2.26. The van der Waals surface area contributed by atoms with Crippen molar-refractivity contribution in [2.75, 3.05) is 5.73 Å². The van der Waals surface area contributed by atoms with Crippen LogP contribution >= 0.6 is 15.9 Å². The summed E-state index contributed by atoms with van der Waals surface area (Å²) in [5.41, 5.74) is 4.63. The van der Waals surface area contributed by atoms with Crippen LogP contribution in [0.15, 0.2) is 10.5 Å². The van der Waals surface area contributed by atoms with Crippen molar-refractivity contribution in [2.24, 2.45) is 0 Å². The van der Waals surface area contributed by atoms with E-state index in [-0.39, 0.29) is 10.2 Å². The highest BCUT2D eigenvalue weighted by Gasteiger charge is 2.46. The van der Waals surface area contributed by atoms with Crippen LogP contribution in [0.2, 0.25) is 0 Å². The Morgan fingerprint density at radius 2 is 2.12 bits per heavy atom. The molecule has 0 aliphatic carbocycles. The molecule has 1 aromatic carbocycles. The summed E-state index contributed by atoms with van der Waals surface area (Å²) in [6, 6.07) is 0.816. The van der Waals surface area contributed by atoms with E-state index >= 15 is 0 Å². The van der Waals surface area contributed by atoms with Crippen molar-refractivity contribution < 1.29 is 23.2 Å². The second-order valence-electron chi connectivity index (χ2n) is 2.88. The van der Waals surface area contributed by atoms with Gasteiger partial charge in [-0.25, -0.2) is 0 Å². The molecule has 0 amide bonds. The van der Waals surface area contributed by atoms with E-state index in [1.807, 2.05) is 0 Å². The first kappa shape index (κ1) is 10.9. The number of hydrogen-bond donors (Lipinski definition) is 1. The summed E-state index contributed by atoms with van der Waals surface area (Å²) in [7, 11) is 0. The summed E-state index contributed by atoms with van der Waals surface area (Å²) >= 11 is 2.82. The van der Waals surface area contributed by atoms with Gasteiger partial charge in [0.1, 0.15) is 4.47 Å². The smallest absolute Gasteiger partial charge is 0.395 e. The first-order chi connectivity index (χ1) is 7.32. The average Bonchev–Trinajstić information content (AvgIpc) is 2.46. The number of rotatable bonds is 1. The molecule has 0 saturated heterocycles. The van der Waals surface area contributed by atoms with Gasteiger partial charge in [0, 0.05) is 0 Å². The molecule has 0 unspecified atom stereocenters. The Kier molecular flexibility index (Phi) is 2.15. The van der Waals surface area contributed by atoms with E-state index in [2.05, 4.69) is 25.4 Å². The molecule has 0 spiro atoms. The van der Waals surface area contributed by atoms with E-state index in [1.165, 1.54) is 0 Å². The lowest BCUT2D eigenvalue weighted by atomic mass is 10.2. The number of alkyl halides is 2. The van der Waals surface area contributed by atoms with Crippen molar-refractivity contribution >= 4 is 27.3 Å². The van der Waals surface area contributed by atoms with E-state index in [1.54, 1.807) is 0 Å². The first-order valence-corrected chi connectivity index (χ1v) is 4.63. The second kappa shape index (κ2) is 3.17. The normalized spacial score (nSPS) is 16.2. The van der Waals surface area contributed by atoms with Crippen LogP contribution in [0.5, 0.6) is 11.5 Å². The van der Waals surface area contributed by atoms with Crippen LogP contribution in [-0.2, 0) is 0 Å². The molecular weight excluding hydrogens is 294 g/mol. The molecule has 0 radical (unpaired) electrons. The minimum atomic E-state index is -3.86. The van der Waals surface area contributed by atoms with Gasteiger partial charge in [-0.2, -0.15) is 0 Å². The molecule has 2 rings (SSSR count). The zero-order valence-electron chi connectivity index (χ0n) is 7.37. The van der Waals surface area contributed by atoms with E-state index in [4.69, 9.17) is 5.73 Å². The lowest BCUT2D eigenvalue weighted by molar-refractivity contribution is -0.385. The standard InChI is InChI=1S/C7H3BrF2N2O4/c8-4-2(12(13)14)1-3-6(5(4)11)16-7(9,10)15-3/h1H,11H2. The minimum Gasteiger partial charge on any atom is -0.395 e. The number of nitrogens with two attached hydrogens (primary N) is 1. The summed E-state index contributed by atoms with van der Waals surface area (Å²) in [6.45, 7) is 0. The van der Waals surface area contributed by atoms with Gasteiger partial charge >= 0.3 is 6.29 Å². The third-order valence-electron chi connectivity index (χ3n) is 1.84. The van der Waals surface area contributed by atoms with Crippen molar-refractivity contribution in [2.45, 2.75) is 6.29 Å². The van der Waals surface area contributed by atoms with Gasteiger partial charge in [-0.15, -0.1) is 8.78 Å². The van der Waals surface area contributed by atoms with Crippen molar-refractivity contribution in [1.29, 1.82) is 0 Å². The van der Waals surface area contributed by atoms with Crippen molar-refractivity contribution in [3.63, 3.8) is 0 Å². The Hall–Kier alpha value is -1.64. The number of nitrogens with zero attached hydrogens (tertiary/aromatic N) is 1. The zero-order valence-corrected chi connectivity index (χ0v) is 8.95. The fourth-order valence-electron chi connectivity index (χ4n) is 1.21. The van der Waals surface area contributed by atoms with Crippen LogP contribution < -0.4 is 15.2 Å². The first-order valence-electron chi connectivity index (χ1n) is 3.84. The third kappa shape index (κ3) is 1.52. The van der Waals surface area contributed by atoms with Gasteiger partial charge in [-0.05, 0) is 15.9 Å². The molecule has 0 bridgehead atoms. The molecule has 9 heteroatoms. The highest BCUT2D eigenvalue weighted by molar-refractivity contribution is 9.10. The fraction of sp³-hybridized carbons (Fsp3) is 0.143. The number of halogens is 3. The molecule has 0 saturated carbocycles. The monoisotopic (exact) mass is 296 g/mol. The fourth-order valence-corrected chi connectivity index (χ4v) is 1.64. The van der Waals surface area contributed by atoms with Crippen LogP contribution in [0.1, 0.15) is 0 Å². The molecule has 0 aromatic heterocycles. The Balaban J connectivity index is 2.62. The SMILES string of the molecule is Nc1c(Br)c([N+](=O)[O-])cc2c1OC(F)(F)O2. The molecule has 0 fully saturated rings. The van der Waals surface area contributed by atoms with Crippen LogP contribution in [0.25, 0.3) is 0 Å². The van der Waals surface area contributed by atoms with Gasteiger partial charge in [-0.3, -0.25) is 10.1 Å². The molecule has 1 aliphatic rings. The lowest BCUT2D eigenvalue weighted by Gasteiger charge is -2.05.